The Kier molecular flexibility index (Phi) is 8.35. The summed E-state index contributed by atoms with van der Waals surface area (Å²) in [6, 6.07) is 0. The van der Waals surface area contributed by atoms with Crippen LogP contribution in [0.3, 0.4) is 0 Å². The molecule has 2 N–H and O–H groups in total. The van der Waals surface area contributed by atoms with E-state index in [0.29, 0.717) is 30.7 Å². The molecule has 2 aliphatic heterocycles. The Morgan fingerprint density at radius 2 is 1.97 bits per heavy atom. The zero-order valence-corrected chi connectivity index (χ0v) is 21.7. The Morgan fingerprint density at radius 3 is 2.62 bits per heavy atom. The zero-order chi connectivity index (χ0) is 25.3. The molecule has 6 atom stereocenters. The van der Waals surface area contributed by atoms with Crippen LogP contribution in [0.25, 0.3) is 6.08 Å². The Bertz CT molecular complexity index is 926. The van der Waals surface area contributed by atoms with E-state index in [2.05, 4.69) is 4.98 Å². The SMILES string of the molecule is CC(=Cc1csc(C)n1)C1OC(=O)CCC(C)(C)C(=O)C(C)CC(C)COCC2OC2(O)C1O. The third-order valence-electron chi connectivity index (χ3n) is 6.66. The van der Waals surface area contributed by atoms with Crippen molar-refractivity contribution >= 4 is 29.2 Å². The van der Waals surface area contributed by atoms with E-state index in [0.717, 1.165) is 5.01 Å². The number of ketones is 1. The monoisotopic (exact) mass is 495 g/mol. The van der Waals surface area contributed by atoms with Gasteiger partial charge in [0.25, 0.3) is 0 Å². The molecule has 8 nitrogen and oxygen atoms in total. The average molecular weight is 496 g/mol. The second kappa shape index (κ2) is 10.5. The van der Waals surface area contributed by atoms with Gasteiger partial charge in [-0.15, -0.1) is 11.3 Å². The number of rotatable bonds is 2. The van der Waals surface area contributed by atoms with Crippen molar-refractivity contribution in [3.05, 3.63) is 21.7 Å². The van der Waals surface area contributed by atoms with Crippen LogP contribution in [0.15, 0.2) is 11.0 Å². The molecule has 0 amide bonds. The first-order chi connectivity index (χ1) is 15.8. The molecular weight excluding hydrogens is 458 g/mol. The molecule has 2 aliphatic rings. The fraction of sp³-hybridized carbons (Fsp3) is 0.720. The summed E-state index contributed by atoms with van der Waals surface area (Å²) in [6.45, 7) is 11.7. The highest BCUT2D eigenvalue weighted by Crippen LogP contribution is 2.41. The van der Waals surface area contributed by atoms with Crippen molar-refractivity contribution < 1.29 is 34.0 Å². The van der Waals surface area contributed by atoms with Crippen LogP contribution in [0.1, 0.15) is 64.6 Å². The van der Waals surface area contributed by atoms with E-state index >= 15 is 0 Å². The van der Waals surface area contributed by atoms with Crippen LogP contribution in [0, 0.1) is 24.2 Å². The van der Waals surface area contributed by atoms with Gasteiger partial charge in [0.05, 0.1) is 17.3 Å². The molecule has 2 fully saturated rings. The van der Waals surface area contributed by atoms with E-state index in [1.54, 1.807) is 13.0 Å². The van der Waals surface area contributed by atoms with Crippen LogP contribution in [0.5, 0.6) is 0 Å². The third-order valence-corrected chi connectivity index (χ3v) is 7.45. The number of carbonyl (C=O) groups excluding carboxylic acids is 2. The number of aryl methyl sites for hydroxylation is 1. The van der Waals surface area contributed by atoms with Crippen molar-refractivity contribution in [1.29, 1.82) is 0 Å². The maximum absolute atomic E-state index is 13.0. The van der Waals surface area contributed by atoms with Gasteiger partial charge in [0, 0.05) is 29.7 Å². The lowest BCUT2D eigenvalue weighted by atomic mass is 9.76. The number of ether oxygens (including phenoxy) is 3. The first-order valence-corrected chi connectivity index (χ1v) is 12.7. The number of aliphatic hydroxyl groups is 2. The number of aliphatic hydroxyl groups excluding tert-OH is 1. The van der Waals surface area contributed by atoms with Gasteiger partial charge in [-0.2, -0.15) is 0 Å². The average Bonchev–Trinajstić information content (AvgIpc) is 3.25. The first-order valence-electron chi connectivity index (χ1n) is 11.8. The number of hydrogen-bond acceptors (Lipinski definition) is 9. The molecule has 6 unspecified atom stereocenters. The van der Waals surface area contributed by atoms with E-state index in [4.69, 9.17) is 14.2 Å². The summed E-state index contributed by atoms with van der Waals surface area (Å²) in [4.78, 5) is 30.2. The predicted molar refractivity (Wildman–Crippen MR) is 128 cm³/mol. The maximum Gasteiger partial charge on any atom is 0.306 e. The molecule has 2 saturated heterocycles. The molecule has 3 heterocycles. The van der Waals surface area contributed by atoms with Crippen LogP contribution < -0.4 is 0 Å². The highest BCUT2D eigenvalue weighted by Gasteiger charge is 2.63. The van der Waals surface area contributed by atoms with E-state index in [9.17, 15) is 19.8 Å². The van der Waals surface area contributed by atoms with Gasteiger partial charge in [0.1, 0.15) is 11.9 Å². The number of aromatic nitrogens is 1. The van der Waals surface area contributed by atoms with E-state index < -0.39 is 35.5 Å². The molecule has 0 aromatic carbocycles. The van der Waals surface area contributed by atoms with Crippen LogP contribution >= 0.6 is 11.3 Å². The van der Waals surface area contributed by atoms with Crippen molar-refractivity contribution in [2.75, 3.05) is 13.2 Å². The second-order valence-electron chi connectivity index (χ2n) is 10.4. The lowest BCUT2D eigenvalue weighted by molar-refractivity contribution is -0.165. The zero-order valence-electron chi connectivity index (χ0n) is 20.9. The molecule has 0 bridgehead atoms. The summed E-state index contributed by atoms with van der Waals surface area (Å²) in [5.74, 6) is -2.37. The van der Waals surface area contributed by atoms with Gasteiger partial charge in [-0.1, -0.05) is 27.7 Å². The normalized spacial score (nSPS) is 36.0. The van der Waals surface area contributed by atoms with Crippen molar-refractivity contribution in [3.8, 4) is 0 Å². The van der Waals surface area contributed by atoms with Crippen LogP contribution in [-0.4, -0.2) is 64.3 Å². The molecule has 190 valence electrons. The number of thiazole rings is 1. The number of fused-ring (bicyclic) bond motifs is 1. The summed E-state index contributed by atoms with van der Waals surface area (Å²) in [6.07, 6.45) is -0.685. The van der Waals surface area contributed by atoms with Gasteiger partial charge in [-0.05, 0) is 44.3 Å². The summed E-state index contributed by atoms with van der Waals surface area (Å²) in [7, 11) is 0. The molecule has 3 rings (SSSR count). The molecule has 1 aromatic heterocycles. The number of carbonyl (C=O) groups is 2. The van der Waals surface area contributed by atoms with Crippen molar-refractivity contribution in [3.63, 3.8) is 0 Å². The lowest BCUT2D eigenvalue weighted by Crippen LogP contribution is -2.45. The lowest BCUT2D eigenvalue weighted by Gasteiger charge is -2.29. The highest BCUT2D eigenvalue weighted by molar-refractivity contribution is 7.09. The molecule has 1 aromatic rings. The quantitative estimate of drug-likeness (QED) is 0.474. The fourth-order valence-electron chi connectivity index (χ4n) is 4.55. The molecular formula is C25H37NO7S. The standard InChI is InChI=1S/C25H37NO7S/c1-14-9-16(3)22(28)24(5,6)8-7-20(27)32-21(15(2)10-18-13-34-17(4)26-18)23(29)25(30)19(33-25)12-31-11-14/h10,13-14,16,19,21,23,29-30H,7-9,11-12H2,1-6H3. The van der Waals surface area contributed by atoms with Gasteiger partial charge >= 0.3 is 5.97 Å². The van der Waals surface area contributed by atoms with Gasteiger partial charge in [-0.3, -0.25) is 9.59 Å². The Morgan fingerprint density at radius 1 is 1.26 bits per heavy atom. The summed E-state index contributed by atoms with van der Waals surface area (Å²) < 4.78 is 16.8. The van der Waals surface area contributed by atoms with Gasteiger partial charge in [0.2, 0.25) is 5.79 Å². The van der Waals surface area contributed by atoms with Crippen LogP contribution in [0.4, 0.5) is 0 Å². The number of esters is 1. The van der Waals surface area contributed by atoms with Crippen molar-refractivity contribution in [1.82, 2.24) is 4.98 Å². The minimum atomic E-state index is -1.87. The maximum atomic E-state index is 13.0. The minimum absolute atomic E-state index is 0.0130. The van der Waals surface area contributed by atoms with Gasteiger partial charge in [0.15, 0.2) is 12.2 Å². The molecule has 0 radical (unpaired) electrons. The molecule has 34 heavy (non-hydrogen) atoms. The van der Waals surface area contributed by atoms with Crippen molar-refractivity contribution in [2.24, 2.45) is 17.3 Å². The van der Waals surface area contributed by atoms with E-state index in [-0.39, 0.29) is 30.6 Å². The van der Waals surface area contributed by atoms with E-state index in [1.807, 2.05) is 40.0 Å². The number of cyclic esters (lactones) is 1. The van der Waals surface area contributed by atoms with Crippen LogP contribution in [-0.2, 0) is 23.8 Å². The minimum Gasteiger partial charge on any atom is -0.455 e. The second-order valence-corrected chi connectivity index (χ2v) is 11.5. The Hall–Kier alpha value is -1.65. The Labute approximate surface area is 205 Å². The molecule has 9 heteroatoms. The first kappa shape index (κ1) is 26.9. The summed E-state index contributed by atoms with van der Waals surface area (Å²) in [5.41, 5.74) is 0.498. The topological polar surface area (TPSA) is 118 Å². The molecule has 0 saturated carbocycles. The number of nitrogens with zero attached hydrogens (tertiary/aromatic N) is 1. The predicted octanol–water partition coefficient (Wildman–Crippen LogP) is 3.28. The number of hydrogen-bond donors (Lipinski definition) is 2. The van der Waals surface area contributed by atoms with Crippen LogP contribution in [0.2, 0.25) is 0 Å². The summed E-state index contributed by atoms with van der Waals surface area (Å²) in [5, 5.41) is 24.7. The largest absolute Gasteiger partial charge is 0.455 e. The van der Waals surface area contributed by atoms with Crippen molar-refractivity contribution in [2.45, 2.75) is 84.9 Å². The molecule has 0 aliphatic carbocycles. The number of epoxide rings is 1. The number of Topliss-reactive ketones (excluding diaryl/α,β-unsaturated/α-hetero) is 1. The Balaban J connectivity index is 1.85. The van der Waals surface area contributed by atoms with Gasteiger partial charge < -0.3 is 24.4 Å². The van der Waals surface area contributed by atoms with Gasteiger partial charge in [-0.25, -0.2) is 4.98 Å². The highest BCUT2D eigenvalue weighted by atomic mass is 32.1. The third kappa shape index (κ3) is 6.31. The summed E-state index contributed by atoms with van der Waals surface area (Å²) >= 11 is 1.48. The fourth-order valence-corrected chi connectivity index (χ4v) is 5.12. The molecule has 0 spiro atoms. The smallest absolute Gasteiger partial charge is 0.306 e. The van der Waals surface area contributed by atoms with E-state index in [1.165, 1.54) is 11.3 Å².